The van der Waals surface area contributed by atoms with Crippen LogP contribution in [0.25, 0.3) is 10.9 Å². The van der Waals surface area contributed by atoms with Gasteiger partial charge in [0, 0.05) is 31.1 Å². The lowest BCUT2D eigenvalue weighted by atomic mass is 10.1. The van der Waals surface area contributed by atoms with E-state index in [1.807, 2.05) is 24.5 Å². The molecule has 0 atom stereocenters. The maximum absolute atomic E-state index is 4.49. The zero-order chi connectivity index (χ0) is 13.5. The Kier molecular flexibility index (Phi) is 2.45. The summed E-state index contributed by atoms with van der Waals surface area (Å²) in [7, 11) is 2.06. The topological polar surface area (TPSA) is 46.8 Å². The van der Waals surface area contributed by atoms with Crippen molar-refractivity contribution in [3.8, 4) is 0 Å². The predicted octanol–water partition coefficient (Wildman–Crippen LogP) is 1.93. The van der Waals surface area contributed by atoms with Crippen molar-refractivity contribution in [1.29, 1.82) is 0 Å². The lowest BCUT2D eigenvalue weighted by molar-refractivity contribution is 0.678. The van der Waals surface area contributed by atoms with E-state index in [0.29, 0.717) is 0 Å². The van der Waals surface area contributed by atoms with Gasteiger partial charge in [0.05, 0.1) is 24.1 Å². The van der Waals surface area contributed by atoms with Gasteiger partial charge in [-0.2, -0.15) is 0 Å². The van der Waals surface area contributed by atoms with Gasteiger partial charge in [0.25, 0.3) is 0 Å². The van der Waals surface area contributed by atoms with E-state index < -0.39 is 0 Å². The fraction of sp³-hybridized carbons (Fsp3) is 0.267. The van der Waals surface area contributed by atoms with Crippen molar-refractivity contribution < 1.29 is 0 Å². The molecule has 0 fully saturated rings. The Morgan fingerprint density at radius 3 is 2.95 bits per heavy atom. The Labute approximate surface area is 116 Å². The van der Waals surface area contributed by atoms with Crippen LogP contribution in [0, 0.1) is 0 Å². The van der Waals surface area contributed by atoms with Crippen molar-refractivity contribution in [2.45, 2.75) is 13.0 Å². The number of fused-ring (bicyclic) bond motifs is 2. The van der Waals surface area contributed by atoms with Crippen LogP contribution in [0.5, 0.6) is 0 Å². The maximum atomic E-state index is 4.49. The van der Waals surface area contributed by atoms with Gasteiger partial charge in [-0.25, -0.2) is 15.0 Å². The number of hydrogen-bond donors (Lipinski definition) is 0. The van der Waals surface area contributed by atoms with Gasteiger partial charge in [0.2, 0.25) is 0 Å². The molecule has 0 N–H and O–H groups in total. The molecule has 5 nitrogen and oxygen atoms in total. The van der Waals surface area contributed by atoms with Crippen LogP contribution >= 0.6 is 0 Å². The van der Waals surface area contributed by atoms with Crippen LogP contribution in [0.15, 0.2) is 36.9 Å². The van der Waals surface area contributed by atoms with Gasteiger partial charge in [-0.1, -0.05) is 12.1 Å². The molecule has 2 aromatic heterocycles. The number of aromatic nitrogens is 4. The van der Waals surface area contributed by atoms with Gasteiger partial charge in [-0.05, 0) is 12.1 Å². The number of nitrogens with zero attached hydrogens (tertiary/aromatic N) is 5. The molecule has 0 aliphatic carbocycles. The van der Waals surface area contributed by atoms with Gasteiger partial charge in [-0.15, -0.1) is 0 Å². The van der Waals surface area contributed by atoms with Crippen molar-refractivity contribution >= 4 is 16.7 Å². The molecular formula is C15H15N5. The van der Waals surface area contributed by atoms with E-state index in [-0.39, 0.29) is 0 Å². The number of para-hydroxylation sites is 1. The first-order chi connectivity index (χ1) is 9.83. The van der Waals surface area contributed by atoms with Crippen molar-refractivity contribution in [3.05, 3.63) is 48.3 Å². The van der Waals surface area contributed by atoms with Gasteiger partial charge >= 0.3 is 0 Å². The minimum absolute atomic E-state index is 0.817. The molecule has 1 aliphatic rings. The highest BCUT2D eigenvalue weighted by Gasteiger charge is 2.22. The Balaban J connectivity index is 1.78. The summed E-state index contributed by atoms with van der Waals surface area (Å²) >= 11 is 0. The molecule has 0 saturated heterocycles. The molecule has 1 aromatic carbocycles. The molecule has 20 heavy (non-hydrogen) atoms. The third-order valence-electron chi connectivity index (χ3n) is 3.93. The summed E-state index contributed by atoms with van der Waals surface area (Å²) < 4.78 is 2.12. The van der Waals surface area contributed by atoms with Crippen molar-refractivity contribution in [3.63, 3.8) is 0 Å². The van der Waals surface area contributed by atoms with E-state index in [4.69, 9.17) is 0 Å². The molecule has 3 aromatic rings. The Morgan fingerprint density at radius 1 is 1.10 bits per heavy atom. The van der Waals surface area contributed by atoms with E-state index in [1.165, 1.54) is 5.69 Å². The molecule has 0 spiro atoms. The second kappa shape index (κ2) is 4.30. The molecule has 100 valence electrons. The number of rotatable bonds is 1. The first-order valence-electron chi connectivity index (χ1n) is 6.76. The highest BCUT2D eigenvalue weighted by Crippen LogP contribution is 2.27. The number of aryl methyl sites for hydroxylation is 1. The summed E-state index contributed by atoms with van der Waals surface area (Å²) in [6.45, 7) is 1.78. The van der Waals surface area contributed by atoms with Crippen molar-refractivity contribution in [2.75, 3.05) is 11.4 Å². The van der Waals surface area contributed by atoms with Crippen LogP contribution < -0.4 is 4.90 Å². The average molecular weight is 265 g/mol. The summed E-state index contributed by atoms with van der Waals surface area (Å²) in [5.41, 5.74) is 3.48. The number of hydrogen-bond acceptors (Lipinski definition) is 4. The molecule has 0 bridgehead atoms. The molecular weight excluding hydrogens is 250 g/mol. The third-order valence-corrected chi connectivity index (χ3v) is 3.93. The minimum Gasteiger partial charge on any atom is -0.350 e. The average Bonchev–Trinajstić information content (AvgIpc) is 2.87. The van der Waals surface area contributed by atoms with Crippen LogP contribution in [-0.2, 0) is 20.0 Å². The summed E-state index contributed by atoms with van der Waals surface area (Å²) in [6, 6.07) is 8.15. The van der Waals surface area contributed by atoms with Crippen LogP contribution in [0.1, 0.15) is 11.4 Å². The summed E-state index contributed by atoms with van der Waals surface area (Å²) in [5.74, 6) is 1.01. The standard InChI is InChI=1S/C15H15N5/c1-19-10-18-13-8-20(7-6-14(13)19)15-11-4-2-3-5-12(11)16-9-17-15/h2-5,9-10H,6-8H2,1H3. The Morgan fingerprint density at radius 2 is 2.00 bits per heavy atom. The number of benzene rings is 1. The lowest BCUT2D eigenvalue weighted by Gasteiger charge is -2.28. The second-order valence-corrected chi connectivity index (χ2v) is 5.13. The molecule has 1 aliphatic heterocycles. The largest absolute Gasteiger partial charge is 0.350 e. The summed E-state index contributed by atoms with van der Waals surface area (Å²) in [6.07, 6.45) is 4.54. The molecule has 0 saturated carbocycles. The van der Waals surface area contributed by atoms with Gasteiger partial charge in [0.1, 0.15) is 12.1 Å². The third kappa shape index (κ3) is 1.66. The van der Waals surface area contributed by atoms with E-state index in [9.17, 15) is 0 Å². The molecule has 5 heteroatoms. The molecule has 0 amide bonds. The molecule has 3 heterocycles. The van der Waals surface area contributed by atoms with Gasteiger partial charge in [0.15, 0.2) is 0 Å². The second-order valence-electron chi connectivity index (χ2n) is 5.13. The maximum Gasteiger partial charge on any atom is 0.140 e. The zero-order valence-electron chi connectivity index (χ0n) is 11.3. The SMILES string of the molecule is Cn1cnc2c1CCN(c1ncnc3ccccc13)C2. The normalized spacial score (nSPS) is 14.6. The zero-order valence-corrected chi connectivity index (χ0v) is 11.3. The smallest absolute Gasteiger partial charge is 0.140 e. The first kappa shape index (κ1) is 11.4. The fourth-order valence-electron chi connectivity index (χ4n) is 2.88. The Hall–Kier alpha value is -2.43. The number of anilines is 1. The van der Waals surface area contributed by atoms with E-state index in [0.717, 1.165) is 41.9 Å². The van der Waals surface area contributed by atoms with Crippen LogP contribution in [0.3, 0.4) is 0 Å². The first-order valence-corrected chi connectivity index (χ1v) is 6.76. The fourth-order valence-corrected chi connectivity index (χ4v) is 2.88. The Bertz CT molecular complexity index is 772. The van der Waals surface area contributed by atoms with Gasteiger partial charge in [-0.3, -0.25) is 0 Å². The van der Waals surface area contributed by atoms with E-state index >= 15 is 0 Å². The quantitative estimate of drug-likeness (QED) is 0.674. The van der Waals surface area contributed by atoms with Crippen molar-refractivity contribution in [2.24, 2.45) is 7.05 Å². The van der Waals surface area contributed by atoms with Crippen LogP contribution in [-0.4, -0.2) is 26.1 Å². The van der Waals surface area contributed by atoms with Crippen LogP contribution in [0.2, 0.25) is 0 Å². The minimum atomic E-state index is 0.817. The van der Waals surface area contributed by atoms with E-state index in [1.54, 1.807) is 6.33 Å². The highest BCUT2D eigenvalue weighted by molar-refractivity contribution is 5.89. The predicted molar refractivity (Wildman–Crippen MR) is 77.5 cm³/mol. The number of imidazole rings is 1. The van der Waals surface area contributed by atoms with Gasteiger partial charge < -0.3 is 9.47 Å². The van der Waals surface area contributed by atoms with E-state index in [2.05, 4.69) is 37.5 Å². The van der Waals surface area contributed by atoms with Crippen LogP contribution in [0.4, 0.5) is 5.82 Å². The lowest BCUT2D eigenvalue weighted by Crippen LogP contribution is -2.31. The highest BCUT2D eigenvalue weighted by atomic mass is 15.2. The summed E-state index contributed by atoms with van der Waals surface area (Å²) in [4.78, 5) is 15.6. The monoisotopic (exact) mass is 265 g/mol. The van der Waals surface area contributed by atoms with Crippen molar-refractivity contribution in [1.82, 2.24) is 19.5 Å². The molecule has 0 radical (unpaired) electrons. The molecule has 4 rings (SSSR count). The summed E-state index contributed by atoms with van der Waals surface area (Å²) in [5, 5.41) is 1.11. The molecule has 0 unspecified atom stereocenters.